The molecule has 0 atom stereocenters. The van der Waals surface area contributed by atoms with Crippen LogP contribution in [-0.4, -0.2) is 10.0 Å². The van der Waals surface area contributed by atoms with Crippen molar-refractivity contribution in [2.75, 3.05) is 5.32 Å². The molecular weight excluding hydrogens is 216 g/mol. The third-order valence-corrected chi connectivity index (χ3v) is 2.03. The molecule has 0 aliphatic heterocycles. The van der Waals surface area contributed by atoms with Gasteiger partial charge in [-0.3, -0.25) is 10.1 Å². The Morgan fingerprint density at radius 1 is 1.60 bits per heavy atom. The molecule has 80 valence electrons. The molecule has 0 heterocycles. The van der Waals surface area contributed by atoms with Crippen molar-refractivity contribution in [1.82, 2.24) is 5.43 Å². The number of nitrogens with one attached hydrogen (secondary N) is 2. The van der Waals surface area contributed by atoms with E-state index in [9.17, 15) is 10.1 Å². The van der Waals surface area contributed by atoms with Crippen LogP contribution in [0.15, 0.2) is 18.2 Å². The van der Waals surface area contributed by atoms with E-state index in [1.54, 1.807) is 6.07 Å². The van der Waals surface area contributed by atoms with E-state index in [2.05, 4.69) is 10.7 Å². The maximum atomic E-state index is 10.5. The van der Waals surface area contributed by atoms with Crippen LogP contribution in [0.3, 0.4) is 0 Å². The van der Waals surface area contributed by atoms with Gasteiger partial charge in [-0.15, -0.1) is 0 Å². The minimum Gasteiger partial charge on any atom is -0.331 e. The Labute approximate surface area is 91.6 Å². The number of nitro groups is 1. The van der Waals surface area contributed by atoms with Crippen molar-refractivity contribution in [1.29, 1.82) is 0 Å². The zero-order chi connectivity index (χ0) is 11.4. The van der Waals surface area contributed by atoms with Crippen molar-refractivity contribution < 1.29 is 4.92 Å². The molecule has 7 heteroatoms. The highest BCUT2D eigenvalue weighted by Gasteiger charge is 2.08. The number of hydrogen-bond donors (Lipinski definition) is 3. The Morgan fingerprint density at radius 3 is 2.80 bits per heavy atom. The van der Waals surface area contributed by atoms with E-state index < -0.39 is 4.92 Å². The Kier molecular flexibility index (Phi) is 3.53. The van der Waals surface area contributed by atoms with Crippen molar-refractivity contribution >= 4 is 28.7 Å². The summed E-state index contributed by atoms with van der Waals surface area (Å²) in [5.41, 5.74) is 3.65. The van der Waals surface area contributed by atoms with E-state index in [1.165, 1.54) is 12.1 Å². The van der Waals surface area contributed by atoms with Crippen LogP contribution in [0, 0.1) is 17.0 Å². The minimum absolute atomic E-state index is 0.00271. The van der Waals surface area contributed by atoms with Crippen molar-refractivity contribution in [3.63, 3.8) is 0 Å². The lowest BCUT2D eigenvalue weighted by Crippen LogP contribution is -2.34. The van der Waals surface area contributed by atoms with Gasteiger partial charge < -0.3 is 10.7 Å². The second-order valence-electron chi connectivity index (χ2n) is 2.85. The molecule has 4 N–H and O–H groups in total. The molecule has 0 aliphatic rings. The maximum absolute atomic E-state index is 10.5. The van der Waals surface area contributed by atoms with Crippen LogP contribution in [0.5, 0.6) is 0 Å². The summed E-state index contributed by atoms with van der Waals surface area (Å²) in [4.78, 5) is 10.1. The Morgan fingerprint density at radius 2 is 2.27 bits per heavy atom. The summed E-state index contributed by atoms with van der Waals surface area (Å²) >= 11 is 4.79. The number of nitrogens with zero attached hydrogens (tertiary/aromatic N) is 1. The summed E-state index contributed by atoms with van der Waals surface area (Å²) < 4.78 is 0. The van der Waals surface area contributed by atoms with Crippen molar-refractivity contribution in [2.45, 2.75) is 6.92 Å². The van der Waals surface area contributed by atoms with Gasteiger partial charge in [-0.1, -0.05) is 6.07 Å². The number of thiocarbonyl (C=S) groups is 1. The first-order valence-electron chi connectivity index (χ1n) is 4.07. The lowest BCUT2D eigenvalue weighted by Gasteiger charge is -2.09. The first-order chi connectivity index (χ1) is 7.04. The van der Waals surface area contributed by atoms with Gasteiger partial charge in [-0.25, -0.2) is 5.84 Å². The summed E-state index contributed by atoms with van der Waals surface area (Å²) in [7, 11) is 0. The quantitative estimate of drug-likeness (QED) is 0.302. The average Bonchev–Trinajstić information content (AvgIpc) is 2.20. The number of nitrogens with two attached hydrogens (primary N) is 1. The smallest absolute Gasteiger partial charge is 0.271 e. The fourth-order valence-electron chi connectivity index (χ4n) is 1.02. The molecule has 0 aliphatic carbocycles. The van der Waals surface area contributed by atoms with Gasteiger partial charge in [0.05, 0.1) is 10.6 Å². The van der Waals surface area contributed by atoms with Gasteiger partial charge in [0.25, 0.3) is 5.69 Å². The summed E-state index contributed by atoms with van der Waals surface area (Å²) in [5.74, 6) is 5.08. The number of aryl methyl sites for hydroxylation is 1. The second kappa shape index (κ2) is 4.67. The van der Waals surface area contributed by atoms with Crippen molar-refractivity contribution in [2.24, 2.45) is 5.84 Å². The normalized spacial score (nSPS) is 9.47. The first kappa shape index (κ1) is 11.3. The lowest BCUT2D eigenvalue weighted by atomic mass is 10.2. The van der Waals surface area contributed by atoms with Crippen LogP contribution in [-0.2, 0) is 0 Å². The van der Waals surface area contributed by atoms with Gasteiger partial charge >= 0.3 is 0 Å². The molecule has 15 heavy (non-hydrogen) atoms. The van der Waals surface area contributed by atoms with E-state index in [1.807, 2.05) is 6.92 Å². The monoisotopic (exact) mass is 226 g/mol. The average molecular weight is 226 g/mol. The highest BCUT2D eigenvalue weighted by atomic mass is 32.1. The largest absolute Gasteiger partial charge is 0.331 e. The number of anilines is 1. The summed E-state index contributed by atoms with van der Waals surface area (Å²) in [6.07, 6.45) is 0. The highest BCUT2D eigenvalue weighted by Crippen LogP contribution is 2.21. The van der Waals surface area contributed by atoms with Crippen LogP contribution < -0.4 is 16.6 Å². The Hall–Kier alpha value is -1.73. The van der Waals surface area contributed by atoms with Crippen molar-refractivity contribution in [3.05, 3.63) is 33.9 Å². The molecule has 0 bridgehead atoms. The van der Waals surface area contributed by atoms with Gasteiger partial charge in [0.15, 0.2) is 5.11 Å². The van der Waals surface area contributed by atoms with E-state index in [-0.39, 0.29) is 10.8 Å². The highest BCUT2D eigenvalue weighted by molar-refractivity contribution is 7.80. The Balaban J connectivity index is 3.00. The molecule has 0 spiro atoms. The van der Waals surface area contributed by atoms with Gasteiger partial charge in [0.2, 0.25) is 0 Å². The number of hydrazine groups is 1. The summed E-state index contributed by atoms with van der Waals surface area (Å²) in [5, 5.41) is 13.5. The maximum Gasteiger partial charge on any atom is 0.271 e. The molecule has 0 amide bonds. The van der Waals surface area contributed by atoms with Crippen LogP contribution in [0.2, 0.25) is 0 Å². The summed E-state index contributed by atoms with van der Waals surface area (Å²) in [6.45, 7) is 1.81. The third-order valence-electron chi connectivity index (χ3n) is 1.81. The van der Waals surface area contributed by atoms with Gasteiger partial charge in [0.1, 0.15) is 0 Å². The number of hydrogen-bond acceptors (Lipinski definition) is 4. The van der Waals surface area contributed by atoms with Crippen molar-refractivity contribution in [3.8, 4) is 0 Å². The standard InChI is InChI=1S/C8H10N4O2S/c1-5-2-3-6(12(13)14)4-7(5)10-8(15)11-9/h2-4H,9H2,1H3,(H2,10,11,15). The lowest BCUT2D eigenvalue weighted by molar-refractivity contribution is -0.384. The van der Waals surface area contributed by atoms with Gasteiger partial charge in [-0.05, 0) is 24.7 Å². The molecule has 0 saturated heterocycles. The second-order valence-corrected chi connectivity index (χ2v) is 3.26. The molecule has 0 aromatic heterocycles. The molecule has 0 saturated carbocycles. The predicted molar refractivity (Wildman–Crippen MR) is 61.4 cm³/mol. The molecule has 1 rings (SSSR count). The molecule has 0 fully saturated rings. The summed E-state index contributed by atoms with van der Waals surface area (Å²) in [6, 6.07) is 4.47. The SMILES string of the molecule is Cc1ccc([N+](=O)[O-])cc1NC(=S)NN. The van der Waals surface area contributed by atoms with E-state index in [4.69, 9.17) is 18.1 Å². The molecular formula is C8H10N4O2S. The third kappa shape index (κ3) is 2.86. The van der Waals surface area contributed by atoms with E-state index in [0.717, 1.165) is 5.56 Å². The predicted octanol–water partition coefficient (Wildman–Crippen LogP) is 1.06. The number of non-ortho nitro benzene ring substituents is 1. The number of nitro benzene ring substituents is 1. The fraction of sp³-hybridized carbons (Fsp3) is 0.125. The van der Waals surface area contributed by atoms with Gasteiger partial charge in [0, 0.05) is 12.1 Å². The van der Waals surface area contributed by atoms with Crippen LogP contribution >= 0.6 is 12.2 Å². The first-order valence-corrected chi connectivity index (χ1v) is 4.48. The molecule has 1 aromatic carbocycles. The molecule has 1 aromatic rings. The van der Waals surface area contributed by atoms with E-state index in [0.29, 0.717) is 5.69 Å². The van der Waals surface area contributed by atoms with Gasteiger partial charge in [-0.2, -0.15) is 0 Å². The van der Waals surface area contributed by atoms with Crippen LogP contribution in [0.1, 0.15) is 5.56 Å². The fourth-order valence-corrected chi connectivity index (χ4v) is 1.13. The van der Waals surface area contributed by atoms with Crippen LogP contribution in [0.25, 0.3) is 0 Å². The zero-order valence-electron chi connectivity index (χ0n) is 7.98. The van der Waals surface area contributed by atoms with Crippen LogP contribution in [0.4, 0.5) is 11.4 Å². The number of benzene rings is 1. The molecule has 0 radical (unpaired) electrons. The number of rotatable bonds is 2. The molecule has 0 unspecified atom stereocenters. The topological polar surface area (TPSA) is 93.2 Å². The Bertz CT molecular complexity index is 408. The minimum atomic E-state index is -0.469. The molecule has 6 nitrogen and oxygen atoms in total. The van der Waals surface area contributed by atoms with E-state index >= 15 is 0 Å². The zero-order valence-corrected chi connectivity index (χ0v) is 8.80.